The molecule has 0 rings (SSSR count). The standard InChI is InChI=1S/C17H38N4O/c1-6-8-12-21(5)13-11-20-17(18-7-2)19-10-9-14-22-15-16(3)4/h16H,6-15H2,1-5H3,(H2,18,19,20). The highest BCUT2D eigenvalue weighted by atomic mass is 16.5. The summed E-state index contributed by atoms with van der Waals surface area (Å²) in [6.45, 7) is 15.1. The summed E-state index contributed by atoms with van der Waals surface area (Å²) in [5.74, 6) is 1.52. The molecular formula is C17H38N4O. The summed E-state index contributed by atoms with van der Waals surface area (Å²) >= 11 is 0. The lowest BCUT2D eigenvalue weighted by atomic mass is 10.2. The van der Waals surface area contributed by atoms with E-state index in [1.54, 1.807) is 0 Å². The number of nitrogens with one attached hydrogen (secondary N) is 2. The highest BCUT2D eigenvalue weighted by Gasteiger charge is 2.00. The molecule has 0 aliphatic heterocycles. The Morgan fingerprint density at radius 2 is 1.91 bits per heavy atom. The Bertz CT molecular complexity index is 269. The van der Waals surface area contributed by atoms with E-state index in [-0.39, 0.29) is 0 Å². The van der Waals surface area contributed by atoms with Crippen LogP contribution < -0.4 is 10.6 Å². The van der Waals surface area contributed by atoms with Gasteiger partial charge in [0.15, 0.2) is 5.96 Å². The van der Waals surface area contributed by atoms with Gasteiger partial charge >= 0.3 is 0 Å². The molecule has 0 saturated heterocycles. The fourth-order valence-corrected chi connectivity index (χ4v) is 1.92. The van der Waals surface area contributed by atoms with E-state index in [0.29, 0.717) is 5.92 Å². The summed E-state index contributed by atoms with van der Waals surface area (Å²) in [6.07, 6.45) is 3.49. The first kappa shape index (κ1) is 21.2. The largest absolute Gasteiger partial charge is 0.381 e. The van der Waals surface area contributed by atoms with Gasteiger partial charge in [0.2, 0.25) is 0 Å². The Morgan fingerprint density at radius 3 is 2.55 bits per heavy atom. The van der Waals surface area contributed by atoms with Crippen LogP contribution in [-0.2, 0) is 4.74 Å². The minimum Gasteiger partial charge on any atom is -0.381 e. The lowest BCUT2D eigenvalue weighted by Gasteiger charge is -2.17. The van der Waals surface area contributed by atoms with Crippen LogP contribution in [0.2, 0.25) is 0 Å². The molecule has 0 atom stereocenters. The Balaban J connectivity index is 3.81. The molecule has 0 aliphatic carbocycles. The lowest BCUT2D eigenvalue weighted by molar-refractivity contribution is 0.109. The molecule has 0 aliphatic rings. The second-order valence-electron chi connectivity index (χ2n) is 6.17. The van der Waals surface area contributed by atoms with Crippen LogP contribution in [0.15, 0.2) is 4.99 Å². The van der Waals surface area contributed by atoms with Gasteiger partial charge in [-0.05, 0) is 39.3 Å². The van der Waals surface area contributed by atoms with Crippen molar-refractivity contribution in [2.75, 3.05) is 53.0 Å². The van der Waals surface area contributed by atoms with Gasteiger partial charge in [-0.2, -0.15) is 0 Å². The van der Waals surface area contributed by atoms with Gasteiger partial charge in [-0.25, -0.2) is 0 Å². The first-order valence-corrected chi connectivity index (χ1v) is 8.88. The third kappa shape index (κ3) is 14.1. The van der Waals surface area contributed by atoms with Crippen LogP contribution in [-0.4, -0.2) is 63.8 Å². The summed E-state index contributed by atoms with van der Waals surface area (Å²) in [6, 6.07) is 0. The van der Waals surface area contributed by atoms with Gasteiger partial charge in [0, 0.05) is 39.4 Å². The Labute approximate surface area is 137 Å². The minimum absolute atomic E-state index is 0.604. The van der Waals surface area contributed by atoms with E-state index in [2.05, 4.69) is 55.3 Å². The molecule has 0 bridgehead atoms. The molecule has 5 nitrogen and oxygen atoms in total. The average Bonchev–Trinajstić information content (AvgIpc) is 2.48. The Morgan fingerprint density at radius 1 is 1.14 bits per heavy atom. The molecular weight excluding hydrogens is 276 g/mol. The van der Waals surface area contributed by atoms with Crippen molar-refractivity contribution in [2.24, 2.45) is 10.9 Å². The highest BCUT2D eigenvalue weighted by molar-refractivity contribution is 5.79. The van der Waals surface area contributed by atoms with Crippen molar-refractivity contribution in [3.8, 4) is 0 Å². The van der Waals surface area contributed by atoms with Crippen molar-refractivity contribution in [2.45, 2.75) is 47.0 Å². The van der Waals surface area contributed by atoms with Gasteiger partial charge in [-0.15, -0.1) is 0 Å². The maximum Gasteiger partial charge on any atom is 0.191 e. The molecule has 0 radical (unpaired) electrons. The van der Waals surface area contributed by atoms with E-state index in [1.165, 1.54) is 19.4 Å². The van der Waals surface area contributed by atoms with Crippen LogP contribution in [0.5, 0.6) is 0 Å². The smallest absolute Gasteiger partial charge is 0.191 e. The number of hydrogen-bond donors (Lipinski definition) is 2. The van der Waals surface area contributed by atoms with Crippen LogP contribution >= 0.6 is 0 Å². The van der Waals surface area contributed by atoms with Crippen LogP contribution in [0.1, 0.15) is 47.0 Å². The third-order valence-electron chi connectivity index (χ3n) is 3.19. The van der Waals surface area contributed by atoms with Gasteiger partial charge < -0.3 is 20.3 Å². The maximum absolute atomic E-state index is 5.57. The normalized spacial score (nSPS) is 12.2. The van der Waals surface area contributed by atoms with Crippen molar-refractivity contribution in [1.29, 1.82) is 0 Å². The summed E-state index contributed by atoms with van der Waals surface area (Å²) in [7, 11) is 2.17. The van der Waals surface area contributed by atoms with E-state index >= 15 is 0 Å². The molecule has 132 valence electrons. The second kappa shape index (κ2) is 15.1. The molecule has 22 heavy (non-hydrogen) atoms. The molecule has 0 heterocycles. The van der Waals surface area contributed by atoms with Crippen LogP contribution in [0.4, 0.5) is 0 Å². The van der Waals surface area contributed by atoms with E-state index in [1.807, 2.05) is 0 Å². The van der Waals surface area contributed by atoms with E-state index in [4.69, 9.17) is 4.74 Å². The summed E-state index contributed by atoms with van der Waals surface area (Å²) < 4.78 is 5.57. The monoisotopic (exact) mass is 314 g/mol. The summed E-state index contributed by atoms with van der Waals surface area (Å²) in [5, 5.41) is 6.68. The predicted molar refractivity (Wildman–Crippen MR) is 96.7 cm³/mol. The number of nitrogens with zero attached hydrogens (tertiary/aromatic N) is 2. The minimum atomic E-state index is 0.604. The van der Waals surface area contributed by atoms with Crippen molar-refractivity contribution in [3.63, 3.8) is 0 Å². The van der Waals surface area contributed by atoms with E-state index in [9.17, 15) is 0 Å². The molecule has 2 N–H and O–H groups in total. The maximum atomic E-state index is 5.57. The molecule has 0 amide bonds. The van der Waals surface area contributed by atoms with Gasteiger partial charge in [0.1, 0.15) is 0 Å². The Kier molecular flexibility index (Phi) is 14.5. The van der Waals surface area contributed by atoms with Gasteiger partial charge in [0.05, 0.1) is 0 Å². The summed E-state index contributed by atoms with van der Waals surface area (Å²) in [5.41, 5.74) is 0. The molecule has 0 unspecified atom stereocenters. The van der Waals surface area contributed by atoms with Crippen molar-refractivity contribution < 1.29 is 4.74 Å². The van der Waals surface area contributed by atoms with Crippen LogP contribution in [0, 0.1) is 5.92 Å². The SMILES string of the molecule is CCCCN(C)CCNC(=NCCCOCC(C)C)NCC. The molecule has 0 aromatic heterocycles. The fourth-order valence-electron chi connectivity index (χ4n) is 1.92. The molecule has 0 spiro atoms. The van der Waals surface area contributed by atoms with Gasteiger partial charge in [-0.3, -0.25) is 4.99 Å². The zero-order valence-electron chi connectivity index (χ0n) is 15.5. The summed E-state index contributed by atoms with van der Waals surface area (Å²) in [4.78, 5) is 6.95. The zero-order valence-corrected chi connectivity index (χ0v) is 15.5. The fraction of sp³-hybridized carbons (Fsp3) is 0.941. The first-order chi connectivity index (χ1) is 10.6. The number of rotatable bonds is 13. The lowest BCUT2D eigenvalue weighted by Crippen LogP contribution is -2.41. The van der Waals surface area contributed by atoms with E-state index in [0.717, 1.165) is 51.8 Å². The Hall–Kier alpha value is -0.810. The number of ether oxygens (including phenoxy) is 1. The van der Waals surface area contributed by atoms with Crippen molar-refractivity contribution in [3.05, 3.63) is 0 Å². The van der Waals surface area contributed by atoms with Crippen molar-refractivity contribution >= 4 is 5.96 Å². The second-order valence-corrected chi connectivity index (χ2v) is 6.17. The average molecular weight is 315 g/mol. The number of likely N-dealkylation sites (N-methyl/N-ethyl adjacent to an activating group) is 1. The molecule has 0 aromatic rings. The molecule has 0 fully saturated rings. The van der Waals surface area contributed by atoms with Crippen LogP contribution in [0.3, 0.4) is 0 Å². The number of hydrogen-bond acceptors (Lipinski definition) is 3. The molecule has 5 heteroatoms. The highest BCUT2D eigenvalue weighted by Crippen LogP contribution is 1.94. The van der Waals surface area contributed by atoms with E-state index < -0.39 is 0 Å². The van der Waals surface area contributed by atoms with Crippen LogP contribution in [0.25, 0.3) is 0 Å². The number of unbranched alkanes of at least 4 members (excludes halogenated alkanes) is 1. The van der Waals surface area contributed by atoms with Crippen molar-refractivity contribution in [1.82, 2.24) is 15.5 Å². The predicted octanol–water partition coefficient (Wildman–Crippen LogP) is 2.34. The number of aliphatic imine (C=N–C) groups is 1. The quantitative estimate of drug-likeness (QED) is 0.311. The van der Waals surface area contributed by atoms with Gasteiger partial charge in [-0.1, -0.05) is 27.2 Å². The third-order valence-corrected chi connectivity index (χ3v) is 3.19. The van der Waals surface area contributed by atoms with Gasteiger partial charge in [0.25, 0.3) is 0 Å². The zero-order chi connectivity index (χ0) is 16.6. The molecule has 0 saturated carbocycles. The molecule has 0 aromatic carbocycles. The first-order valence-electron chi connectivity index (χ1n) is 8.88. The number of guanidine groups is 1. The topological polar surface area (TPSA) is 48.9 Å².